The molecule has 0 aliphatic carbocycles. The van der Waals surface area contributed by atoms with Gasteiger partial charge in [0, 0.05) is 5.57 Å². The van der Waals surface area contributed by atoms with Gasteiger partial charge in [-0.3, -0.25) is 0 Å². The topological polar surface area (TPSA) is 6.02 Å². The molecule has 0 fully saturated rings. The van der Waals surface area contributed by atoms with E-state index < -0.39 is 0 Å². The van der Waals surface area contributed by atoms with Gasteiger partial charge in [-0.25, -0.2) is 0 Å². The van der Waals surface area contributed by atoms with Gasteiger partial charge in [-0.15, -0.1) is 9.15 Å². The Balaban J connectivity index is 2.30. The van der Waals surface area contributed by atoms with E-state index in [1.54, 1.807) is 0 Å². The lowest BCUT2D eigenvalue weighted by molar-refractivity contribution is -0.491. The smallest absolute Gasteiger partial charge is 0.149 e. The van der Waals surface area contributed by atoms with Crippen molar-refractivity contribution in [3.05, 3.63) is 23.9 Å². The van der Waals surface area contributed by atoms with E-state index in [0.717, 1.165) is 0 Å². The van der Waals surface area contributed by atoms with E-state index in [2.05, 4.69) is 61.0 Å². The first kappa shape index (κ1) is 8.42. The van der Waals surface area contributed by atoms with E-state index in [4.69, 9.17) is 0 Å². The Morgan fingerprint density at radius 3 is 2.85 bits per heavy atom. The fourth-order valence-electron chi connectivity index (χ4n) is 1.68. The molecule has 13 heavy (non-hydrogen) atoms. The molecule has 0 aromatic rings. The first-order chi connectivity index (χ1) is 6.16. The predicted molar refractivity (Wildman–Crippen MR) is 54.4 cm³/mol. The van der Waals surface area contributed by atoms with Crippen LogP contribution in [0.5, 0.6) is 0 Å². The van der Waals surface area contributed by atoms with Crippen molar-refractivity contribution in [1.29, 1.82) is 0 Å². The molecular formula is C11H16N2+2. The Hall–Kier alpha value is -1.18. The van der Waals surface area contributed by atoms with Crippen molar-refractivity contribution in [1.82, 2.24) is 0 Å². The molecule has 68 valence electrons. The maximum Gasteiger partial charge on any atom is 0.407 e. The minimum absolute atomic E-state index is 0.437. The Bertz CT molecular complexity index is 343. The average Bonchev–Trinajstić information content (AvgIpc) is 2.42. The molecule has 0 amide bonds. The van der Waals surface area contributed by atoms with Gasteiger partial charge >= 0.3 is 6.34 Å². The number of nitrogens with zero attached hydrogens (tertiary/aromatic N) is 2. The quantitative estimate of drug-likeness (QED) is 0.530. The molecule has 0 N–H and O–H groups in total. The first-order valence-electron chi connectivity index (χ1n) is 4.76. The first-order valence-corrected chi connectivity index (χ1v) is 4.76. The number of fused-ring (bicyclic) bond motifs is 1. The van der Waals surface area contributed by atoms with E-state index in [-0.39, 0.29) is 0 Å². The lowest BCUT2D eigenvalue weighted by atomic mass is 10.0. The zero-order valence-corrected chi connectivity index (χ0v) is 8.44. The number of allylic oxidation sites excluding steroid dienone is 2. The van der Waals surface area contributed by atoms with Crippen LogP contribution in [0, 0.1) is 5.92 Å². The predicted octanol–water partition coefficient (Wildman–Crippen LogP) is 1.23. The normalized spacial score (nSPS) is 25.5. The van der Waals surface area contributed by atoms with Crippen molar-refractivity contribution in [2.75, 3.05) is 7.05 Å². The van der Waals surface area contributed by atoms with Crippen LogP contribution in [0.2, 0.25) is 0 Å². The van der Waals surface area contributed by atoms with Crippen molar-refractivity contribution in [2.24, 2.45) is 5.92 Å². The van der Waals surface area contributed by atoms with Crippen molar-refractivity contribution in [3.63, 3.8) is 0 Å². The molecule has 1 unspecified atom stereocenters. The molecule has 0 radical (unpaired) electrons. The van der Waals surface area contributed by atoms with E-state index in [1.165, 1.54) is 5.57 Å². The highest BCUT2D eigenvalue weighted by atomic mass is 15.2. The molecule has 2 aliphatic heterocycles. The number of rotatable bonds is 1. The highest BCUT2D eigenvalue weighted by molar-refractivity contribution is 5.69. The molecule has 0 saturated heterocycles. The second-order valence-corrected chi connectivity index (χ2v) is 4.01. The summed E-state index contributed by atoms with van der Waals surface area (Å²) in [5, 5.41) is 0. The van der Waals surface area contributed by atoms with Gasteiger partial charge in [-0.1, -0.05) is 13.8 Å². The second-order valence-electron chi connectivity index (χ2n) is 4.01. The summed E-state index contributed by atoms with van der Waals surface area (Å²) in [6, 6.07) is 0.437. The molecule has 2 heteroatoms. The SMILES string of the molecule is CC(C)C1=C[N+]2=C[N+](C)=CC2C=C1. The van der Waals surface area contributed by atoms with Gasteiger partial charge in [0.1, 0.15) is 7.05 Å². The molecule has 0 bridgehead atoms. The lowest BCUT2D eigenvalue weighted by Gasteiger charge is -2.08. The van der Waals surface area contributed by atoms with E-state index >= 15 is 0 Å². The van der Waals surface area contributed by atoms with Gasteiger partial charge in [-0.2, -0.15) is 0 Å². The summed E-state index contributed by atoms with van der Waals surface area (Å²) < 4.78 is 4.35. The van der Waals surface area contributed by atoms with Crippen LogP contribution >= 0.6 is 0 Å². The summed E-state index contributed by atoms with van der Waals surface area (Å²) in [6.45, 7) is 4.44. The van der Waals surface area contributed by atoms with Crippen LogP contribution in [0.4, 0.5) is 0 Å². The molecule has 2 heterocycles. The van der Waals surface area contributed by atoms with Crippen molar-refractivity contribution in [2.45, 2.75) is 19.9 Å². The summed E-state index contributed by atoms with van der Waals surface area (Å²) in [7, 11) is 2.06. The highest BCUT2D eigenvalue weighted by Crippen LogP contribution is 2.17. The standard InChI is InChI=1S/C11H16N2/c1-9(2)10-4-5-11-7-12(3)8-13(11)6-10/h4-9,11H,1-3H3/q+2. The molecule has 0 spiro atoms. The van der Waals surface area contributed by atoms with E-state index in [1.807, 2.05) is 0 Å². The van der Waals surface area contributed by atoms with E-state index in [9.17, 15) is 0 Å². The third kappa shape index (κ3) is 1.48. The van der Waals surface area contributed by atoms with Crippen molar-refractivity contribution >= 4 is 12.6 Å². The van der Waals surface area contributed by atoms with Crippen LogP contribution in [0.25, 0.3) is 0 Å². The van der Waals surface area contributed by atoms with Crippen molar-refractivity contribution in [3.8, 4) is 0 Å². The van der Waals surface area contributed by atoms with Gasteiger partial charge in [0.25, 0.3) is 6.04 Å². The molecule has 1 atom stereocenters. The van der Waals surface area contributed by atoms with Gasteiger partial charge in [0.05, 0.1) is 0 Å². The third-order valence-corrected chi connectivity index (χ3v) is 2.50. The zero-order chi connectivity index (χ0) is 9.42. The molecule has 2 nitrogen and oxygen atoms in total. The Labute approximate surface area is 79.2 Å². The minimum Gasteiger partial charge on any atom is -0.149 e. The summed E-state index contributed by atoms with van der Waals surface area (Å²) >= 11 is 0. The maximum absolute atomic E-state index is 2.25. The number of hydrogen-bond donors (Lipinski definition) is 0. The van der Waals surface area contributed by atoms with Crippen LogP contribution in [0.3, 0.4) is 0 Å². The van der Waals surface area contributed by atoms with Crippen LogP contribution < -0.4 is 0 Å². The fraction of sp³-hybridized carbons (Fsp3) is 0.455. The summed E-state index contributed by atoms with van der Waals surface area (Å²) in [6.07, 6.45) is 11.0. The summed E-state index contributed by atoms with van der Waals surface area (Å²) in [5.74, 6) is 0.608. The summed E-state index contributed by atoms with van der Waals surface area (Å²) in [4.78, 5) is 0. The Morgan fingerprint density at radius 1 is 1.38 bits per heavy atom. The fourth-order valence-corrected chi connectivity index (χ4v) is 1.68. The van der Waals surface area contributed by atoms with Crippen LogP contribution in [0.15, 0.2) is 23.9 Å². The Morgan fingerprint density at radius 2 is 2.15 bits per heavy atom. The molecule has 0 aromatic heterocycles. The van der Waals surface area contributed by atoms with Gasteiger partial charge in [0.15, 0.2) is 6.20 Å². The molecule has 0 aromatic carbocycles. The van der Waals surface area contributed by atoms with Crippen LogP contribution in [-0.4, -0.2) is 34.8 Å². The second kappa shape index (κ2) is 2.95. The van der Waals surface area contributed by atoms with Gasteiger partial charge in [-0.05, 0) is 18.1 Å². The molecule has 2 aliphatic rings. The molecular weight excluding hydrogens is 160 g/mol. The zero-order valence-electron chi connectivity index (χ0n) is 8.44. The van der Waals surface area contributed by atoms with Crippen molar-refractivity contribution < 1.29 is 9.15 Å². The van der Waals surface area contributed by atoms with Gasteiger partial charge < -0.3 is 0 Å². The summed E-state index contributed by atoms with van der Waals surface area (Å²) in [5.41, 5.74) is 1.40. The largest absolute Gasteiger partial charge is 0.407 e. The van der Waals surface area contributed by atoms with E-state index in [0.29, 0.717) is 12.0 Å². The lowest BCUT2D eigenvalue weighted by Crippen LogP contribution is -2.21. The monoisotopic (exact) mass is 176 g/mol. The maximum atomic E-state index is 2.25. The Kier molecular flexibility index (Phi) is 1.91. The number of hydrogen-bond acceptors (Lipinski definition) is 0. The average molecular weight is 176 g/mol. The molecule has 0 saturated carbocycles. The van der Waals surface area contributed by atoms with Crippen LogP contribution in [0.1, 0.15) is 13.8 Å². The minimum atomic E-state index is 0.437. The third-order valence-electron chi connectivity index (χ3n) is 2.50. The molecule has 2 rings (SSSR count). The van der Waals surface area contributed by atoms with Gasteiger partial charge in [0.2, 0.25) is 6.21 Å². The van der Waals surface area contributed by atoms with Crippen LogP contribution in [-0.2, 0) is 0 Å². The highest BCUT2D eigenvalue weighted by Gasteiger charge is 2.30.